The van der Waals surface area contributed by atoms with Gasteiger partial charge in [0.1, 0.15) is 5.76 Å². The van der Waals surface area contributed by atoms with Gasteiger partial charge in [0.2, 0.25) is 10.0 Å². The van der Waals surface area contributed by atoms with Crippen LogP contribution in [0.1, 0.15) is 35.9 Å². The number of ether oxygens (including phenoxy) is 1. The number of hydrogen-bond donors (Lipinski definition) is 1. The number of sulfonamides is 1. The molecule has 2 aromatic rings. The Bertz CT molecular complexity index is 938. The Balaban J connectivity index is 1.53. The summed E-state index contributed by atoms with van der Waals surface area (Å²) in [6, 6.07) is 8.67. The monoisotopic (exact) mass is 420 g/mol. The molecule has 0 spiro atoms. The van der Waals surface area contributed by atoms with Crippen molar-refractivity contribution in [2.45, 2.75) is 31.2 Å². The zero-order chi connectivity index (χ0) is 20.9. The smallest absolute Gasteiger partial charge is 0.338 e. The molecule has 1 aliphatic heterocycles. The first kappa shape index (κ1) is 21.1. The fraction of sp³-hybridized carbons (Fsp3) is 0.400. The van der Waals surface area contributed by atoms with Gasteiger partial charge in [-0.25, -0.2) is 17.9 Å². The predicted octanol–water partition coefficient (Wildman–Crippen LogP) is 2.17. The molecule has 1 fully saturated rings. The highest BCUT2D eigenvalue weighted by Gasteiger charge is 2.22. The van der Waals surface area contributed by atoms with Crippen LogP contribution in [0.5, 0.6) is 0 Å². The van der Waals surface area contributed by atoms with E-state index in [0.717, 1.165) is 12.8 Å². The van der Waals surface area contributed by atoms with Crippen LogP contribution in [0.25, 0.3) is 0 Å². The first-order valence-corrected chi connectivity index (χ1v) is 10.9. The molecule has 2 heterocycles. The van der Waals surface area contributed by atoms with E-state index < -0.39 is 16.0 Å². The number of carbonyl (C=O) groups excluding carboxylic acids is 2. The van der Waals surface area contributed by atoms with E-state index in [1.807, 2.05) is 0 Å². The van der Waals surface area contributed by atoms with E-state index in [2.05, 4.69) is 11.6 Å². The third-order valence-electron chi connectivity index (χ3n) is 4.75. The van der Waals surface area contributed by atoms with Crippen LogP contribution in [0, 0.1) is 5.92 Å². The van der Waals surface area contributed by atoms with Crippen LogP contribution >= 0.6 is 0 Å². The highest BCUT2D eigenvalue weighted by molar-refractivity contribution is 7.89. The summed E-state index contributed by atoms with van der Waals surface area (Å²) in [6.07, 6.45) is 3.50. The molecular formula is C20H24N2O6S. The van der Waals surface area contributed by atoms with Crippen molar-refractivity contribution in [2.24, 2.45) is 5.92 Å². The van der Waals surface area contributed by atoms with E-state index in [9.17, 15) is 18.0 Å². The lowest BCUT2D eigenvalue weighted by molar-refractivity contribution is -0.136. The molecule has 156 valence electrons. The van der Waals surface area contributed by atoms with Crippen molar-refractivity contribution in [1.29, 1.82) is 0 Å². The summed E-state index contributed by atoms with van der Waals surface area (Å²) in [5.74, 6) is 0.0444. The number of nitrogens with zero attached hydrogens (tertiary/aromatic N) is 1. The van der Waals surface area contributed by atoms with E-state index in [4.69, 9.17) is 9.15 Å². The minimum Gasteiger partial charge on any atom is -0.468 e. The maximum Gasteiger partial charge on any atom is 0.338 e. The highest BCUT2D eigenvalue weighted by Crippen LogP contribution is 2.16. The van der Waals surface area contributed by atoms with Gasteiger partial charge >= 0.3 is 5.97 Å². The zero-order valence-corrected chi connectivity index (χ0v) is 17.0. The minimum atomic E-state index is -3.75. The van der Waals surface area contributed by atoms with Crippen molar-refractivity contribution >= 4 is 21.9 Å². The third kappa shape index (κ3) is 5.68. The number of esters is 1. The van der Waals surface area contributed by atoms with E-state index >= 15 is 0 Å². The van der Waals surface area contributed by atoms with Crippen molar-refractivity contribution < 1.29 is 27.2 Å². The van der Waals surface area contributed by atoms with Crippen LogP contribution in [0.3, 0.4) is 0 Å². The number of hydrogen-bond acceptors (Lipinski definition) is 6. The van der Waals surface area contributed by atoms with E-state index in [1.54, 1.807) is 17.0 Å². The Morgan fingerprint density at radius 1 is 1.24 bits per heavy atom. The summed E-state index contributed by atoms with van der Waals surface area (Å²) in [5.41, 5.74) is 0.176. The van der Waals surface area contributed by atoms with Gasteiger partial charge in [-0.1, -0.05) is 6.92 Å². The molecule has 1 N–H and O–H groups in total. The summed E-state index contributed by atoms with van der Waals surface area (Å²) < 4.78 is 37.2. The third-order valence-corrected chi connectivity index (χ3v) is 6.17. The van der Waals surface area contributed by atoms with Gasteiger partial charge in [0.05, 0.1) is 23.3 Å². The van der Waals surface area contributed by atoms with E-state index in [0.29, 0.717) is 24.8 Å². The standard InChI is InChI=1S/C20H24N2O6S/c1-15-4-2-10-22(13-15)19(23)14-28-20(24)16-6-8-18(9-7-16)29(25,26)21-12-17-5-3-11-27-17/h3,5-9,11,15,21H,2,4,10,12-14H2,1H3/t15-/m1/s1. The first-order chi connectivity index (χ1) is 13.8. The van der Waals surface area contributed by atoms with Gasteiger partial charge in [0.15, 0.2) is 6.61 Å². The van der Waals surface area contributed by atoms with Gasteiger partial charge in [-0.05, 0) is 55.2 Å². The Morgan fingerprint density at radius 2 is 2.00 bits per heavy atom. The minimum absolute atomic E-state index is 0.0130. The van der Waals surface area contributed by atoms with E-state index in [1.165, 1.54) is 30.5 Å². The fourth-order valence-corrected chi connectivity index (χ4v) is 4.14. The molecule has 0 aliphatic carbocycles. The largest absolute Gasteiger partial charge is 0.468 e. The normalized spacial score (nSPS) is 17.1. The molecule has 0 unspecified atom stereocenters. The maximum atomic E-state index is 12.3. The lowest BCUT2D eigenvalue weighted by Crippen LogP contribution is -2.41. The van der Waals surface area contributed by atoms with Gasteiger partial charge in [-0.15, -0.1) is 0 Å². The van der Waals surface area contributed by atoms with Gasteiger partial charge in [-0.3, -0.25) is 4.79 Å². The molecule has 1 saturated heterocycles. The molecule has 1 amide bonds. The Hall–Kier alpha value is -2.65. The Labute approximate surface area is 169 Å². The van der Waals surface area contributed by atoms with Crippen molar-refractivity contribution in [3.8, 4) is 0 Å². The predicted molar refractivity (Wildman–Crippen MR) is 104 cm³/mol. The van der Waals surface area contributed by atoms with Crippen molar-refractivity contribution in [2.75, 3.05) is 19.7 Å². The summed E-state index contributed by atoms with van der Waals surface area (Å²) in [4.78, 5) is 26.1. The van der Waals surface area contributed by atoms with Gasteiger partial charge in [0, 0.05) is 13.1 Å². The Kier molecular flexibility index (Phi) is 6.71. The van der Waals surface area contributed by atoms with Gasteiger partial charge in [-0.2, -0.15) is 0 Å². The second kappa shape index (κ2) is 9.23. The number of rotatable bonds is 7. The first-order valence-electron chi connectivity index (χ1n) is 9.42. The van der Waals surface area contributed by atoms with E-state index in [-0.39, 0.29) is 29.5 Å². The average molecular weight is 420 g/mol. The number of likely N-dealkylation sites (tertiary alicyclic amines) is 1. The summed E-state index contributed by atoms with van der Waals surface area (Å²) in [6.45, 7) is 3.14. The molecule has 1 atom stereocenters. The zero-order valence-electron chi connectivity index (χ0n) is 16.2. The molecule has 0 radical (unpaired) electrons. The molecule has 1 aromatic carbocycles. The fourth-order valence-electron chi connectivity index (χ4n) is 3.15. The second-order valence-electron chi connectivity index (χ2n) is 7.09. The van der Waals surface area contributed by atoms with Crippen LogP contribution in [0.4, 0.5) is 0 Å². The summed E-state index contributed by atoms with van der Waals surface area (Å²) >= 11 is 0. The molecule has 9 heteroatoms. The molecule has 0 saturated carbocycles. The lowest BCUT2D eigenvalue weighted by atomic mass is 10.0. The number of carbonyl (C=O) groups is 2. The lowest BCUT2D eigenvalue weighted by Gasteiger charge is -2.30. The van der Waals surface area contributed by atoms with Gasteiger partial charge in [0.25, 0.3) is 5.91 Å². The van der Waals surface area contributed by atoms with Crippen LogP contribution in [-0.2, 0) is 26.1 Å². The van der Waals surface area contributed by atoms with Crippen molar-refractivity contribution in [1.82, 2.24) is 9.62 Å². The number of benzene rings is 1. The molecule has 1 aliphatic rings. The number of amides is 1. The molecule has 0 bridgehead atoms. The topological polar surface area (TPSA) is 106 Å². The van der Waals surface area contributed by atoms with Gasteiger partial charge < -0.3 is 14.1 Å². The SMILES string of the molecule is C[C@@H]1CCCN(C(=O)COC(=O)c2ccc(S(=O)(=O)NCc3ccco3)cc2)C1. The molecule has 8 nitrogen and oxygen atoms in total. The van der Waals surface area contributed by atoms with Crippen LogP contribution in [0.15, 0.2) is 52.0 Å². The second-order valence-corrected chi connectivity index (χ2v) is 8.86. The summed E-state index contributed by atoms with van der Waals surface area (Å²) in [7, 11) is -3.75. The van der Waals surface area contributed by atoms with Crippen molar-refractivity contribution in [3.05, 3.63) is 54.0 Å². The van der Waals surface area contributed by atoms with Crippen LogP contribution < -0.4 is 4.72 Å². The maximum absolute atomic E-state index is 12.3. The van der Waals surface area contributed by atoms with Crippen molar-refractivity contribution in [3.63, 3.8) is 0 Å². The number of piperidine rings is 1. The number of furan rings is 1. The number of nitrogens with one attached hydrogen (secondary N) is 1. The van der Waals surface area contributed by atoms with Crippen LogP contribution in [0.2, 0.25) is 0 Å². The molecule has 1 aromatic heterocycles. The quantitative estimate of drug-likeness (QED) is 0.688. The van der Waals surface area contributed by atoms with Crippen LogP contribution in [-0.4, -0.2) is 44.9 Å². The molecule has 29 heavy (non-hydrogen) atoms. The molecular weight excluding hydrogens is 396 g/mol. The Morgan fingerprint density at radius 3 is 2.66 bits per heavy atom. The highest BCUT2D eigenvalue weighted by atomic mass is 32.2. The average Bonchev–Trinajstić information content (AvgIpc) is 3.24. The molecule has 3 rings (SSSR count). The summed E-state index contributed by atoms with van der Waals surface area (Å²) in [5, 5.41) is 0.